The van der Waals surface area contributed by atoms with Gasteiger partial charge >= 0.3 is 0 Å². The Morgan fingerprint density at radius 3 is 1.88 bits per heavy atom. The molecular weight excluding hydrogens is 302 g/mol. The Morgan fingerprint density at radius 1 is 0.458 bits per heavy atom. The fourth-order valence-corrected chi connectivity index (χ4v) is 4.28. The molecule has 0 fully saturated rings. The number of fused-ring (bicyclic) bond motifs is 3. The van der Waals surface area contributed by atoms with Gasteiger partial charge in [0.2, 0.25) is 0 Å². The van der Waals surface area contributed by atoms with Crippen molar-refractivity contribution < 1.29 is 8.78 Å². The van der Waals surface area contributed by atoms with Crippen molar-refractivity contribution in [3.63, 3.8) is 0 Å². The summed E-state index contributed by atoms with van der Waals surface area (Å²) in [5, 5.41) is 7.01. The minimum absolute atomic E-state index is 0.779. The highest BCUT2D eigenvalue weighted by Gasteiger charge is 2.26. The van der Waals surface area contributed by atoms with Crippen LogP contribution in [-0.4, -0.2) is 0 Å². The van der Waals surface area contributed by atoms with Gasteiger partial charge in [-0.25, -0.2) is 8.78 Å². The number of benzene rings is 5. The predicted molar refractivity (Wildman–Crippen MR) is 94.5 cm³/mol. The fraction of sp³-hybridized carbons (Fsp3) is 0. The van der Waals surface area contributed by atoms with E-state index < -0.39 is 11.6 Å². The molecular formula is C22H10F2. The van der Waals surface area contributed by atoms with E-state index in [1.165, 1.54) is 28.3 Å². The van der Waals surface area contributed by atoms with Crippen LogP contribution in [0.3, 0.4) is 0 Å². The van der Waals surface area contributed by atoms with Crippen LogP contribution in [0.25, 0.3) is 54.6 Å². The summed E-state index contributed by atoms with van der Waals surface area (Å²) < 4.78 is 27.7. The second-order valence-corrected chi connectivity index (χ2v) is 6.47. The summed E-state index contributed by atoms with van der Waals surface area (Å²) in [6.07, 6.45) is 0. The Morgan fingerprint density at radius 2 is 1.08 bits per heavy atom. The third-order valence-electron chi connectivity index (χ3n) is 5.27. The van der Waals surface area contributed by atoms with Crippen molar-refractivity contribution in [3.05, 3.63) is 72.3 Å². The zero-order valence-electron chi connectivity index (χ0n) is 12.5. The number of hydrogen-bond donors (Lipinski definition) is 0. The first-order chi connectivity index (χ1) is 11.7. The average molecular weight is 312 g/mol. The molecule has 5 aromatic rings. The summed E-state index contributed by atoms with van der Waals surface area (Å²) >= 11 is 0. The van der Waals surface area contributed by atoms with Crippen LogP contribution in [0, 0.1) is 11.6 Å². The molecule has 1 aliphatic carbocycles. The highest BCUT2D eigenvalue weighted by Crippen LogP contribution is 2.51. The standard InChI is InChI=1S/C22H10F2/c23-18-9-15-14-7-6-12-5-4-11-2-1-3-13-8-17(16(15)10-19(18)24)22(14)21(12)20(11)13/h1-10H. The number of hydrogen-bond acceptors (Lipinski definition) is 0. The predicted octanol–water partition coefficient (Wildman–Crippen LogP) is 6.51. The lowest BCUT2D eigenvalue weighted by atomic mass is 9.91. The lowest BCUT2D eigenvalue weighted by Crippen LogP contribution is -1.86. The van der Waals surface area contributed by atoms with Crippen molar-refractivity contribution >= 4 is 32.3 Å². The van der Waals surface area contributed by atoms with Gasteiger partial charge in [-0.05, 0) is 72.8 Å². The van der Waals surface area contributed by atoms with Crippen molar-refractivity contribution in [2.45, 2.75) is 0 Å². The molecule has 112 valence electrons. The zero-order chi connectivity index (χ0) is 16.0. The van der Waals surface area contributed by atoms with E-state index >= 15 is 0 Å². The van der Waals surface area contributed by atoms with Gasteiger partial charge in [0.05, 0.1) is 0 Å². The van der Waals surface area contributed by atoms with Crippen LogP contribution in [0.5, 0.6) is 0 Å². The normalized spacial score (nSPS) is 12.6. The van der Waals surface area contributed by atoms with E-state index in [9.17, 15) is 8.78 Å². The summed E-state index contributed by atoms with van der Waals surface area (Å²) in [6, 6.07) is 19.3. The highest BCUT2D eigenvalue weighted by molar-refractivity contribution is 6.31. The molecule has 2 heteroatoms. The van der Waals surface area contributed by atoms with Crippen LogP contribution in [0.15, 0.2) is 60.7 Å². The van der Waals surface area contributed by atoms with Gasteiger partial charge in [0.25, 0.3) is 0 Å². The molecule has 0 saturated carbocycles. The third kappa shape index (κ3) is 1.29. The Labute approximate surface area is 136 Å². The maximum absolute atomic E-state index is 13.9. The van der Waals surface area contributed by atoms with Gasteiger partial charge in [-0.2, -0.15) is 0 Å². The van der Waals surface area contributed by atoms with Crippen molar-refractivity contribution in [2.75, 3.05) is 0 Å². The van der Waals surface area contributed by atoms with E-state index in [0.717, 1.165) is 38.4 Å². The second-order valence-electron chi connectivity index (χ2n) is 6.47. The van der Waals surface area contributed by atoms with Gasteiger partial charge < -0.3 is 0 Å². The van der Waals surface area contributed by atoms with Crippen LogP contribution in [0.2, 0.25) is 0 Å². The quantitative estimate of drug-likeness (QED) is 0.280. The molecule has 0 aliphatic heterocycles. The van der Waals surface area contributed by atoms with E-state index in [2.05, 4.69) is 36.4 Å². The number of halogens is 2. The summed E-state index contributed by atoms with van der Waals surface area (Å²) in [6.45, 7) is 0. The minimum atomic E-state index is -0.796. The Hall–Kier alpha value is -3.00. The molecule has 24 heavy (non-hydrogen) atoms. The van der Waals surface area contributed by atoms with Crippen molar-refractivity contribution in [1.29, 1.82) is 0 Å². The van der Waals surface area contributed by atoms with E-state index in [-0.39, 0.29) is 0 Å². The second kappa shape index (κ2) is 3.90. The van der Waals surface area contributed by atoms with Gasteiger partial charge in [0.1, 0.15) is 0 Å². The van der Waals surface area contributed by atoms with E-state index in [1.54, 1.807) is 0 Å². The monoisotopic (exact) mass is 312 g/mol. The maximum Gasteiger partial charge on any atom is 0.159 e. The first-order valence-electron chi connectivity index (χ1n) is 7.93. The lowest BCUT2D eigenvalue weighted by Gasteiger charge is -2.12. The van der Waals surface area contributed by atoms with Crippen molar-refractivity contribution in [2.24, 2.45) is 0 Å². The zero-order valence-corrected chi connectivity index (χ0v) is 12.5. The number of rotatable bonds is 0. The largest absolute Gasteiger partial charge is 0.204 e. The molecule has 5 aromatic carbocycles. The molecule has 0 aromatic heterocycles. The molecule has 0 atom stereocenters. The topological polar surface area (TPSA) is 0 Å². The highest BCUT2D eigenvalue weighted by atomic mass is 19.2. The van der Waals surface area contributed by atoms with Gasteiger partial charge in [-0.1, -0.05) is 42.5 Å². The summed E-state index contributed by atoms with van der Waals surface area (Å²) in [5.41, 5.74) is 3.55. The molecule has 0 spiro atoms. The Balaban J connectivity index is 1.96. The molecule has 0 saturated heterocycles. The minimum Gasteiger partial charge on any atom is -0.204 e. The van der Waals surface area contributed by atoms with Crippen LogP contribution in [-0.2, 0) is 0 Å². The van der Waals surface area contributed by atoms with E-state index in [0.29, 0.717) is 0 Å². The molecule has 0 nitrogen and oxygen atoms in total. The van der Waals surface area contributed by atoms with Crippen LogP contribution < -0.4 is 0 Å². The molecule has 0 radical (unpaired) electrons. The van der Waals surface area contributed by atoms with Gasteiger partial charge in [0, 0.05) is 0 Å². The van der Waals surface area contributed by atoms with Crippen LogP contribution in [0.1, 0.15) is 0 Å². The maximum atomic E-state index is 13.9. The first-order valence-corrected chi connectivity index (χ1v) is 7.93. The van der Waals surface area contributed by atoms with E-state index in [4.69, 9.17) is 0 Å². The van der Waals surface area contributed by atoms with Crippen LogP contribution >= 0.6 is 0 Å². The molecule has 0 heterocycles. The van der Waals surface area contributed by atoms with E-state index in [1.807, 2.05) is 12.1 Å². The average Bonchev–Trinajstić information content (AvgIpc) is 2.90. The summed E-state index contributed by atoms with van der Waals surface area (Å²) in [4.78, 5) is 0. The van der Waals surface area contributed by atoms with Crippen molar-refractivity contribution in [3.8, 4) is 22.3 Å². The molecule has 0 amide bonds. The molecule has 0 bridgehead atoms. The summed E-state index contributed by atoms with van der Waals surface area (Å²) in [5.74, 6) is -1.59. The lowest BCUT2D eigenvalue weighted by molar-refractivity contribution is 0.509. The first kappa shape index (κ1) is 12.4. The molecule has 1 aliphatic rings. The Kier molecular flexibility index (Phi) is 2.02. The molecule has 0 unspecified atom stereocenters. The van der Waals surface area contributed by atoms with Crippen LogP contribution in [0.4, 0.5) is 8.78 Å². The summed E-state index contributed by atoms with van der Waals surface area (Å²) in [7, 11) is 0. The van der Waals surface area contributed by atoms with Gasteiger partial charge in [-0.15, -0.1) is 0 Å². The van der Waals surface area contributed by atoms with Crippen molar-refractivity contribution in [1.82, 2.24) is 0 Å². The molecule has 6 rings (SSSR count). The molecule has 0 N–H and O–H groups in total. The smallest absolute Gasteiger partial charge is 0.159 e. The fourth-order valence-electron chi connectivity index (χ4n) is 4.28. The van der Waals surface area contributed by atoms with Gasteiger partial charge in [-0.3, -0.25) is 0 Å². The Bertz CT molecular complexity index is 1310. The van der Waals surface area contributed by atoms with Gasteiger partial charge in [0.15, 0.2) is 11.6 Å². The SMILES string of the molecule is Fc1cc2c(cc1F)-c1cc3cccc4ccc5ccc-2c1c5c43. The third-order valence-corrected chi connectivity index (χ3v) is 5.27.